The van der Waals surface area contributed by atoms with Crippen LogP contribution in [0.4, 0.5) is 0 Å². The van der Waals surface area contributed by atoms with Crippen LogP contribution in [0, 0.1) is 0 Å². The van der Waals surface area contributed by atoms with Gasteiger partial charge < -0.3 is 4.90 Å². The maximum atomic E-state index is 12.0. The van der Waals surface area contributed by atoms with E-state index < -0.39 is 0 Å². The SMILES string of the molecule is CCCN(CCC)C(=O)CCSSc1ccccn1. The molecule has 0 radical (unpaired) electrons. The fraction of sp³-hybridized carbons (Fsp3) is 0.571. The van der Waals surface area contributed by atoms with Gasteiger partial charge in [-0.3, -0.25) is 4.79 Å². The summed E-state index contributed by atoms with van der Waals surface area (Å²) < 4.78 is 0. The molecule has 3 nitrogen and oxygen atoms in total. The molecule has 0 saturated carbocycles. The molecule has 0 aliphatic carbocycles. The first-order valence-electron chi connectivity index (χ1n) is 6.76. The van der Waals surface area contributed by atoms with Crippen molar-refractivity contribution < 1.29 is 4.79 Å². The minimum Gasteiger partial charge on any atom is -0.343 e. The summed E-state index contributed by atoms with van der Waals surface area (Å²) in [6.07, 6.45) is 4.46. The van der Waals surface area contributed by atoms with Crippen molar-refractivity contribution in [2.24, 2.45) is 0 Å². The van der Waals surface area contributed by atoms with Crippen molar-refractivity contribution in [3.63, 3.8) is 0 Å². The monoisotopic (exact) mass is 298 g/mol. The number of amides is 1. The number of hydrogen-bond acceptors (Lipinski definition) is 4. The first kappa shape index (κ1) is 16.4. The minimum absolute atomic E-state index is 0.276. The van der Waals surface area contributed by atoms with Crippen LogP contribution >= 0.6 is 21.6 Å². The van der Waals surface area contributed by atoms with E-state index in [-0.39, 0.29) is 5.91 Å². The van der Waals surface area contributed by atoms with E-state index in [0.29, 0.717) is 6.42 Å². The van der Waals surface area contributed by atoms with Gasteiger partial charge in [0.15, 0.2) is 0 Å². The van der Waals surface area contributed by atoms with E-state index >= 15 is 0 Å². The second-order valence-corrected chi connectivity index (χ2v) is 6.64. The van der Waals surface area contributed by atoms with Gasteiger partial charge in [-0.1, -0.05) is 30.7 Å². The Kier molecular flexibility index (Phi) is 8.75. The zero-order chi connectivity index (χ0) is 13.9. The van der Waals surface area contributed by atoms with E-state index in [0.717, 1.165) is 36.7 Å². The van der Waals surface area contributed by atoms with Crippen molar-refractivity contribution in [3.05, 3.63) is 24.4 Å². The van der Waals surface area contributed by atoms with Gasteiger partial charge in [-0.15, -0.1) is 0 Å². The number of pyridine rings is 1. The summed E-state index contributed by atoms with van der Waals surface area (Å²) in [5, 5.41) is 0.999. The summed E-state index contributed by atoms with van der Waals surface area (Å²) in [6, 6.07) is 5.87. The number of nitrogens with zero attached hydrogens (tertiary/aromatic N) is 2. The molecule has 0 saturated heterocycles. The molecule has 0 atom stereocenters. The predicted molar refractivity (Wildman–Crippen MR) is 84.3 cm³/mol. The quantitative estimate of drug-likeness (QED) is 0.512. The molecule has 19 heavy (non-hydrogen) atoms. The first-order valence-corrected chi connectivity index (χ1v) is 9.08. The molecule has 0 spiro atoms. The molecule has 1 aromatic rings. The third-order valence-electron chi connectivity index (χ3n) is 2.52. The summed E-state index contributed by atoms with van der Waals surface area (Å²) in [5.41, 5.74) is 0. The van der Waals surface area contributed by atoms with Crippen molar-refractivity contribution in [2.45, 2.75) is 38.1 Å². The third-order valence-corrected chi connectivity index (χ3v) is 4.79. The Hall–Kier alpha value is -0.680. The van der Waals surface area contributed by atoms with Gasteiger partial charge in [0, 0.05) is 31.5 Å². The van der Waals surface area contributed by atoms with Gasteiger partial charge >= 0.3 is 0 Å². The molecule has 0 aliphatic rings. The van der Waals surface area contributed by atoms with E-state index in [4.69, 9.17) is 0 Å². The highest BCUT2D eigenvalue weighted by Gasteiger charge is 2.11. The van der Waals surface area contributed by atoms with Gasteiger partial charge in [-0.2, -0.15) is 0 Å². The van der Waals surface area contributed by atoms with Crippen molar-refractivity contribution in [3.8, 4) is 0 Å². The van der Waals surface area contributed by atoms with Crippen LogP contribution in [0.25, 0.3) is 0 Å². The second-order valence-electron chi connectivity index (χ2n) is 4.20. The lowest BCUT2D eigenvalue weighted by molar-refractivity contribution is -0.130. The highest BCUT2D eigenvalue weighted by Crippen LogP contribution is 2.29. The normalized spacial score (nSPS) is 10.4. The Balaban J connectivity index is 2.22. The Morgan fingerprint density at radius 3 is 2.58 bits per heavy atom. The average Bonchev–Trinajstić information content (AvgIpc) is 2.44. The third kappa shape index (κ3) is 6.87. The van der Waals surface area contributed by atoms with Crippen molar-refractivity contribution in [2.75, 3.05) is 18.8 Å². The zero-order valence-electron chi connectivity index (χ0n) is 11.7. The van der Waals surface area contributed by atoms with Gasteiger partial charge in [-0.25, -0.2) is 4.98 Å². The highest BCUT2D eigenvalue weighted by atomic mass is 33.1. The molecule has 1 rings (SSSR count). The topological polar surface area (TPSA) is 33.2 Å². The van der Waals surface area contributed by atoms with E-state index in [9.17, 15) is 4.79 Å². The molecule has 1 amide bonds. The van der Waals surface area contributed by atoms with E-state index in [1.165, 1.54) is 0 Å². The summed E-state index contributed by atoms with van der Waals surface area (Å²) in [4.78, 5) is 18.2. The van der Waals surface area contributed by atoms with Crippen LogP contribution < -0.4 is 0 Å². The second kappa shape index (κ2) is 10.1. The van der Waals surface area contributed by atoms with Gasteiger partial charge in [0.25, 0.3) is 0 Å². The summed E-state index contributed by atoms with van der Waals surface area (Å²) >= 11 is 0. The van der Waals surface area contributed by atoms with Crippen LogP contribution in [-0.4, -0.2) is 34.6 Å². The van der Waals surface area contributed by atoms with Crippen LogP contribution in [0.5, 0.6) is 0 Å². The lowest BCUT2D eigenvalue weighted by atomic mass is 10.3. The van der Waals surface area contributed by atoms with Crippen LogP contribution in [0.2, 0.25) is 0 Å². The Morgan fingerprint density at radius 1 is 1.26 bits per heavy atom. The van der Waals surface area contributed by atoms with Crippen molar-refractivity contribution in [1.82, 2.24) is 9.88 Å². The largest absolute Gasteiger partial charge is 0.343 e. The number of carbonyl (C=O) groups is 1. The van der Waals surface area contributed by atoms with E-state index in [1.807, 2.05) is 23.1 Å². The van der Waals surface area contributed by atoms with Crippen molar-refractivity contribution in [1.29, 1.82) is 0 Å². The molecule has 0 bridgehead atoms. The van der Waals surface area contributed by atoms with Crippen LogP contribution in [-0.2, 0) is 4.79 Å². The maximum Gasteiger partial charge on any atom is 0.223 e. The molecule has 5 heteroatoms. The molecular formula is C14H22N2OS2. The van der Waals surface area contributed by atoms with Crippen molar-refractivity contribution >= 4 is 27.5 Å². The molecule has 1 heterocycles. The lowest BCUT2D eigenvalue weighted by Gasteiger charge is -2.21. The standard InChI is InChI=1S/C14H22N2OS2/c1-3-10-16(11-4-2)14(17)8-12-18-19-13-7-5-6-9-15-13/h5-7,9H,3-4,8,10-12H2,1-2H3. The van der Waals surface area contributed by atoms with Crippen LogP contribution in [0.15, 0.2) is 29.4 Å². The molecule has 0 aliphatic heterocycles. The zero-order valence-corrected chi connectivity index (χ0v) is 13.3. The Bertz CT molecular complexity index is 354. The maximum absolute atomic E-state index is 12.0. The summed E-state index contributed by atoms with van der Waals surface area (Å²) in [6.45, 7) is 5.98. The number of aromatic nitrogens is 1. The van der Waals surface area contributed by atoms with Crippen LogP contribution in [0.1, 0.15) is 33.1 Å². The van der Waals surface area contributed by atoms with Gasteiger partial charge in [-0.05, 0) is 35.8 Å². The van der Waals surface area contributed by atoms with Gasteiger partial charge in [0.2, 0.25) is 5.91 Å². The number of rotatable bonds is 9. The Labute approximate surface area is 124 Å². The molecule has 0 aromatic carbocycles. The van der Waals surface area contributed by atoms with Crippen LogP contribution in [0.3, 0.4) is 0 Å². The summed E-state index contributed by atoms with van der Waals surface area (Å²) in [5.74, 6) is 1.11. The Morgan fingerprint density at radius 2 is 2.00 bits per heavy atom. The smallest absolute Gasteiger partial charge is 0.223 e. The molecule has 1 aromatic heterocycles. The number of carbonyl (C=O) groups excluding carboxylic acids is 1. The average molecular weight is 298 g/mol. The van der Waals surface area contributed by atoms with Gasteiger partial charge in [0.05, 0.1) is 0 Å². The summed E-state index contributed by atoms with van der Waals surface area (Å²) in [7, 11) is 3.33. The fourth-order valence-corrected chi connectivity index (χ4v) is 3.54. The van der Waals surface area contributed by atoms with Gasteiger partial charge in [0.1, 0.15) is 5.03 Å². The first-order chi connectivity index (χ1) is 9.27. The molecular weight excluding hydrogens is 276 g/mol. The predicted octanol–water partition coefficient (Wildman–Crippen LogP) is 3.86. The molecule has 106 valence electrons. The molecule has 0 N–H and O–H groups in total. The fourth-order valence-electron chi connectivity index (χ4n) is 1.69. The van der Waals surface area contributed by atoms with E-state index in [1.54, 1.807) is 27.8 Å². The highest BCUT2D eigenvalue weighted by molar-refractivity contribution is 8.76. The lowest BCUT2D eigenvalue weighted by Crippen LogP contribution is -2.32. The minimum atomic E-state index is 0.276. The molecule has 0 fully saturated rings. The molecule has 0 unspecified atom stereocenters. The van der Waals surface area contributed by atoms with E-state index in [2.05, 4.69) is 18.8 Å². The number of hydrogen-bond donors (Lipinski definition) is 0.